The normalized spacial score (nSPS) is 26.3. The van der Waals surface area contributed by atoms with Gasteiger partial charge in [-0.1, -0.05) is 0 Å². The molecule has 1 aliphatic heterocycles. The maximum atomic E-state index is 13.8. The number of alkyl halides is 9. The Bertz CT molecular complexity index is 721. The Hall–Kier alpha value is -2.45. The van der Waals surface area contributed by atoms with Crippen LogP contribution in [0.3, 0.4) is 0 Å². The molecule has 1 saturated heterocycles. The van der Waals surface area contributed by atoms with E-state index in [4.69, 9.17) is 0 Å². The summed E-state index contributed by atoms with van der Waals surface area (Å²) in [5.74, 6) is -31.4. The number of halogens is 9. The number of carbonyl (C=O) groups excluding carboxylic acids is 2. The number of hydrazine groups is 1. The summed E-state index contributed by atoms with van der Waals surface area (Å²) in [6.45, 7) is 0. The van der Waals surface area contributed by atoms with Crippen molar-refractivity contribution in [3.05, 3.63) is 24.2 Å². The highest BCUT2D eigenvalue weighted by Gasteiger charge is 2.96. The summed E-state index contributed by atoms with van der Waals surface area (Å²) in [7, 11) is 0. The van der Waals surface area contributed by atoms with Crippen LogP contribution in [0.25, 0.3) is 0 Å². The number of carbonyl (C=O) groups is 2. The molecule has 0 bridgehead atoms. The second-order valence-electron chi connectivity index (χ2n) is 4.82. The van der Waals surface area contributed by atoms with Gasteiger partial charge in [0.1, 0.15) is 0 Å². The number of furan rings is 1. The Morgan fingerprint density at radius 2 is 1.54 bits per heavy atom. The summed E-state index contributed by atoms with van der Waals surface area (Å²) in [5, 5.41) is 0. The fraction of sp³-hybridized carbons (Fsp3) is 0.455. The molecule has 1 aromatic heterocycles. The lowest BCUT2D eigenvalue weighted by Crippen LogP contribution is -2.66. The molecule has 146 valence electrons. The van der Waals surface area contributed by atoms with Crippen LogP contribution in [-0.4, -0.2) is 41.5 Å². The van der Waals surface area contributed by atoms with E-state index in [0.29, 0.717) is 5.43 Å². The molecule has 1 aliphatic rings. The van der Waals surface area contributed by atoms with E-state index < -0.39 is 47.3 Å². The van der Waals surface area contributed by atoms with Crippen LogP contribution in [0.1, 0.15) is 10.6 Å². The predicted molar refractivity (Wildman–Crippen MR) is 59.0 cm³/mol. The smallest absolute Gasteiger partial charge is 0.428 e. The average molecular weight is 400 g/mol. The van der Waals surface area contributed by atoms with Crippen molar-refractivity contribution in [2.24, 2.45) is 0 Å². The van der Waals surface area contributed by atoms with Crippen LogP contribution in [0.15, 0.2) is 22.8 Å². The number of hydrogen-bond donors (Lipinski definition) is 2. The molecular formula is C11H5F9N2O4. The van der Waals surface area contributed by atoms with Gasteiger partial charge in [0.15, 0.2) is 5.76 Å². The van der Waals surface area contributed by atoms with E-state index in [0.717, 1.165) is 23.8 Å². The number of rotatable bonds is 3. The third-order valence-corrected chi connectivity index (χ3v) is 3.16. The first kappa shape index (κ1) is 19.9. The first-order valence-corrected chi connectivity index (χ1v) is 6.16. The zero-order valence-electron chi connectivity index (χ0n) is 11.8. The van der Waals surface area contributed by atoms with E-state index in [1.165, 1.54) is 0 Å². The number of hydrogen-bond acceptors (Lipinski definition) is 4. The van der Waals surface area contributed by atoms with Crippen LogP contribution in [0.2, 0.25) is 0 Å². The summed E-state index contributed by atoms with van der Waals surface area (Å²) < 4.78 is 126. The summed E-state index contributed by atoms with van der Waals surface area (Å²) in [5.41, 5.74) is 1.86. The fourth-order valence-electron chi connectivity index (χ4n) is 1.76. The molecule has 1 atom stereocenters. The molecule has 26 heavy (non-hydrogen) atoms. The Kier molecular flexibility index (Phi) is 4.22. The first-order valence-electron chi connectivity index (χ1n) is 6.16. The Balaban J connectivity index is 2.25. The third-order valence-electron chi connectivity index (χ3n) is 3.16. The van der Waals surface area contributed by atoms with E-state index in [1.54, 1.807) is 0 Å². The highest BCUT2D eigenvalue weighted by atomic mass is 19.4. The Morgan fingerprint density at radius 3 is 1.96 bits per heavy atom. The molecule has 2 heterocycles. The summed E-state index contributed by atoms with van der Waals surface area (Å²) in [4.78, 5) is 22.5. The van der Waals surface area contributed by atoms with Crippen LogP contribution >= 0.6 is 0 Å². The van der Waals surface area contributed by atoms with Gasteiger partial charge in [0.25, 0.3) is 0 Å². The average Bonchev–Trinajstić information content (AvgIpc) is 3.07. The van der Waals surface area contributed by atoms with E-state index in [2.05, 4.69) is 9.15 Å². The lowest BCUT2D eigenvalue weighted by atomic mass is 9.99. The van der Waals surface area contributed by atoms with Crippen LogP contribution in [0.5, 0.6) is 0 Å². The Morgan fingerprint density at radius 1 is 0.962 bits per heavy atom. The van der Waals surface area contributed by atoms with Crippen molar-refractivity contribution in [3.63, 3.8) is 0 Å². The van der Waals surface area contributed by atoms with E-state index in [9.17, 15) is 49.1 Å². The molecule has 0 unspecified atom stereocenters. The molecule has 0 spiro atoms. The number of ether oxygens (including phenoxy) is 1. The van der Waals surface area contributed by atoms with Crippen LogP contribution in [0.4, 0.5) is 39.5 Å². The molecule has 0 saturated carbocycles. The highest BCUT2D eigenvalue weighted by molar-refractivity contribution is 5.94. The molecule has 2 amide bonds. The molecule has 0 aromatic carbocycles. The summed E-state index contributed by atoms with van der Waals surface area (Å²) >= 11 is 0. The standard InChI is InChI=1S/C11H5F9N2O4/c12-7(13,6(24)22-21-5(23)4-2-1-3-25-4)10(18)8(14,15)9(16,17)11(19,20)26-10/h1-3H,(H,21,23)(H,22,24)/t10-/m1/s1. The largest absolute Gasteiger partial charge is 0.459 e. The first-order chi connectivity index (χ1) is 11.6. The topological polar surface area (TPSA) is 80.6 Å². The van der Waals surface area contributed by atoms with E-state index >= 15 is 0 Å². The number of nitrogens with one attached hydrogen (secondary N) is 2. The molecule has 2 rings (SSSR count). The molecule has 0 radical (unpaired) electrons. The van der Waals surface area contributed by atoms with Gasteiger partial charge in [-0.05, 0) is 12.1 Å². The third kappa shape index (κ3) is 2.40. The van der Waals surface area contributed by atoms with Crippen molar-refractivity contribution < 1.29 is 58.3 Å². The van der Waals surface area contributed by atoms with Gasteiger partial charge in [-0.15, -0.1) is 0 Å². The van der Waals surface area contributed by atoms with Gasteiger partial charge in [0, 0.05) is 0 Å². The quantitative estimate of drug-likeness (QED) is 0.603. The molecule has 1 aromatic rings. The van der Waals surface area contributed by atoms with Crippen molar-refractivity contribution in [1.29, 1.82) is 0 Å². The van der Waals surface area contributed by atoms with E-state index in [1.807, 2.05) is 0 Å². The van der Waals surface area contributed by atoms with Gasteiger partial charge in [-0.2, -0.15) is 39.5 Å². The molecule has 2 N–H and O–H groups in total. The van der Waals surface area contributed by atoms with Gasteiger partial charge in [-0.25, -0.2) is 0 Å². The van der Waals surface area contributed by atoms with Gasteiger partial charge in [-0.3, -0.25) is 25.2 Å². The van der Waals surface area contributed by atoms with Gasteiger partial charge in [0.05, 0.1) is 6.26 Å². The SMILES string of the molecule is O=C(NNC(=O)C(F)(F)[C@@]1(F)OC(F)(F)C(F)(F)C1(F)F)c1ccco1. The van der Waals surface area contributed by atoms with Crippen LogP contribution < -0.4 is 10.9 Å². The highest BCUT2D eigenvalue weighted by Crippen LogP contribution is 2.64. The van der Waals surface area contributed by atoms with Crippen molar-refractivity contribution >= 4 is 11.8 Å². The van der Waals surface area contributed by atoms with Crippen molar-refractivity contribution in [1.82, 2.24) is 10.9 Å². The minimum absolute atomic E-state index is 0.593. The van der Waals surface area contributed by atoms with Gasteiger partial charge in [0.2, 0.25) is 0 Å². The minimum Gasteiger partial charge on any atom is -0.459 e. The summed E-state index contributed by atoms with van der Waals surface area (Å²) in [6, 6.07) is 2.09. The second kappa shape index (κ2) is 5.52. The zero-order chi connectivity index (χ0) is 20.2. The number of amides is 2. The van der Waals surface area contributed by atoms with E-state index in [-0.39, 0.29) is 0 Å². The molecule has 1 fully saturated rings. The minimum atomic E-state index is -6.81. The van der Waals surface area contributed by atoms with Crippen LogP contribution in [-0.2, 0) is 9.53 Å². The predicted octanol–water partition coefficient (Wildman–Crippen LogP) is 2.24. The lowest BCUT2D eigenvalue weighted by Gasteiger charge is -2.31. The zero-order valence-corrected chi connectivity index (χ0v) is 11.8. The second-order valence-corrected chi connectivity index (χ2v) is 4.82. The fourth-order valence-corrected chi connectivity index (χ4v) is 1.76. The lowest BCUT2D eigenvalue weighted by molar-refractivity contribution is -0.367. The maximum absolute atomic E-state index is 13.8. The van der Waals surface area contributed by atoms with Crippen LogP contribution in [0, 0.1) is 0 Å². The van der Waals surface area contributed by atoms with Crippen molar-refractivity contribution in [2.75, 3.05) is 0 Å². The molecule has 15 heteroatoms. The van der Waals surface area contributed by atoms with Crippen molar-refractivity contribution in [2.45, 2.75) is 29.7 Å². The Labute approximate surface area is 136 Å². The van der Waals surface area contributed by atoms with Gasteiger partial charge >= 0.3 is 41.5 Å². The maximum Gasteiger partial charge on any atom is 0.428 e. The summed E-state index contributed by atoms with van der Waals surface area (Å²) in [6.07, 6.45) is -5.43. The monoisotopic (exact) mass is 400 g/mol. The molecular weight excluding hydrogens is 395 g/mol. The van der Waals surface area contributed by atoms with Crippen molar-refractivity contribution in [3.8, 4) is 0 Å². The van der Waals surface area contributed by atoms with Gasteiger partial charge < -0.3 is 4.42 Å². The molecule has 0 aliphatic carbocycles. The molecule has 6 nitrogen and oxygen atoms in total.